The Morgan fingerprint density at radius 3 is 1.40 bits per heavy atom. The summed E-state index contributed by atoms with van der Waals surface area (Å²) in [4.78, 5) is 17.0. The third-order valence-corrected chi connectivity index (χ3v) is 0. The molecule has 0 aromatic heterocycles. The average Bonchev–Trinajstić information content (AvgIpc) is 0.811. The molecule has 0 radical (unpaired) electrons. The Balaban J connectivity index is 0. The van der Waals surface area contributed by atoms with E-state index in [4.69, 9.17) is 14.4 Å². The summed E-state index contributed by atoms with van der Waals surface area (Å²) in [6, 6.07) is 0. The Kier molecular flexibility index (Phi) is 8.98. The van der Waals surface area contributed by atoms with E-state index in [1.54, 1.807) is 0 Å². The SMILES string of the molecule is O=[PH]([O-])[O-].[Pt+2]. The predicted molar refractivity (Wildman–Crippen MR) is 9.00 cm³/mol. The predicted octanol–water partition coefficient (Wildman–Crippen LogP) is -1.91. The van der Waals surface area contributed by atoms with Gasteiger partial charge in [0.15, 0.2) is 0 Å². The summed E-state index contributed by atoms with van der Waals surface area (Å²) in [5.41, 5.74) is 0. The second-order valence-electron chi connectivity index (χ2n) is 0.250. The maximum atomic E-state index is 8.52. The fraction of sp³-hybridized carbons (Fsp3) is 0. The van der Waals surface area contributed by atoms with Crippen molar-refractivity contribution < 1.29 is 35.4 Å². The fourth-order valence-corrected chi connectivity index (χ4v) is 0. The van der Waals surface area contributed by atoms with Gasteiger partial charge in [-0.25, -0.2) is 0 Å². The Morgan fingerprint density at radius 1 is 1.40 bits per heavy atom. The van der Waals surface area contributed by atoms with Crippen LogP contribution in [0.2, 0.25) is 0 Å². The summed E-state index contributed by atoms with van der Waals surface area (Å²) in [6.45, 7) is 0. The minimum atomic E-state index is -3.63. The molecule has 0 aliphatic rings. The second-order valence-corrected chi connectivity index (χ2v) is 0.750. The van der Waals surface area contributed by atoms with Crippen molar-refractivity contribution >= 4 is 8.25 Å². The van der Waals surface area contributed by atoms with Gasteiger partial charge in [0.1, 0.15) is 0 Å². The fourth-order valence-electron chi connectivity index (χ4n) is 0. The van der Waals surface area contributed by atoms with E-state index in [2.05, 4.69) is 0 Å². The van der Waals surface area contributed by atoms with Crippen molar-refractivity contribution in [2.75, 3.05) is 0 Å². The summed E-state index contributed by atoms with van der Waals surface area (Å²) < 4.78 is 8.52. The molecule has 0 aromatic carbocycles. The largest absolute Gasteiger partial charge is 2.00 e. The molecular weight excluding hydrogens is 274 g/mol. The first kappa shape index (κ1) is 9.28. The van der Waals surface area contributed by atoms with Crippen molar-refractivity contribution in [2.45, 2.75) is 0 Å². The standard InChI is InChI=1S/H3O3P.Pt/c1-4(2)3;/h4H,(H2,1,2,3);/q;+2/p-2. The third-order valence-electron chi connectivity index (χ3n) is 0. The van der Waals surface area contributed by atoms with E-state index in [1.165, 1.54) is 0 Å². The minimum absolute atomic E-state index is 0. The first-order valence-corrected chi connectivity index (χ1v) is 1.84. The molecule has 0 spiro atoms. The zero-order valence-corrected chi connectivity index (χ0v) is 5.31. The van der Waals surface area contributed by atoms with E-state index in [-0.39, 0.29) is 21.1 Å². The molecule has 0 aliphatic heterocycles. The molecule has 34 valence electrons. The van der Waals surface area contributed by atoms with Gasteiger partial charge in [0, 0.05) is 0 Å². The molecule has 0 N–H and O–H groups in total. The smallest absolute Gasteiger partial charge is 0.813 e. The van der Waals surface area contributed by atoms with E-state index in [0.717, 1.165) is 0 Å². The van der Waals surface area contributed by atoms with Crippen molar-refractivity contribution in [3.05, 3.63) is 0 Å². The van der Waals surface area contributed by atoms with E-state index < -0.39 is 8.25 Å². The van der Waals surface area contributed by atoms with E-state index in [9.17, 15) is 0 Å². The summed E-state index contributed by atoms with van der Waals surface area (Å²) in [5.74, 6) is 0. The Labute approximate surface area is 44.2 Å². The number of hydrogen-bond donors (Lipinski definition) is 0. The quantitative estimate of drug-likeness (QED) is 0.485. The van der Waals surface area contributed by atoms with Gasteiger partial charge in [0.05, 0.1) is 0 Å². The van der Waals surface area contributed by atoms with Crippen molar-refractivity contribution in [1.29, 1.82) is 0 Å². The number of hydrogen-bond acceptors (Lipinski definition) is 3. The van der Waals surface area contributed by atoms with E-state index >= 15 is 0 Å². The first-order valence-electron chi connectivity index (χ1n) is 0.612. The molecule has 0 fully saturated rings. The molecule has 0 aliphatic carbocycles. The summed E-state index contributed by atoms with van der Waals surface area (Å²) >= 11 is 0. The molecule has 0 amide bonds. The van der Waals surface area contributed by atoms with Crippen LogP contribution in [0.3, 0.4) is 0 Å². The van der Waals surface area contributed by atoms with Crippen LogP contribution in [-0.4, -0.2) is 0 Å². The molecule has 0 unspecified atom stereocenters. The molecule has 3 nitrogen and oxygen atoms in total. The molecule has 0 saturated heterocycles. The van der Waals surface area contributed by atoms with Crippen LogP contribution in [0, 0.1) is 0 Å². The maximum Gasteiger partial charge on any atom is 2.00 e. The van der Waals surface area contributed by atoms with Crippen molar-refractivity contribution in [3.63, 3.8) is 0 Å². The second kappa shape index (κ2) is 4.84. The van der Waals surface area contributed by atoms with Crippen LogP contribution in [0.4, 0.5) is 0 Å². The van der Waals surface area contributed by atoms with Gasteiger partial charge in [-0.05, 0) is 0 Å². The molecule has 0 saturated carbocycles. The molecule has 0 rings (SSSR count). The van der Waals surface area contributed by atoms with Gasteiger partial charge < -0.3 is 14.4 Å². The normalized spacial score (nSPS) is 7.00. The van der Waals surface area contributed by atoms with Crippen molar-refractivity contribution in [2.24, 2.45) is 0 Å². The third kappa shape index (κ3) is 55.5. The molecule has 5 heavy (non-hydrogen) atoms. The minimum Gasteiger partial charge on any atom is -0.813 e. The summed E-state index contributed by atoms with van der Waals surface area (Å²) in [5, 5.41) is 0. The Bertz CT molecular complexity index is 29.9. The van der Waals surface area contributed by atoms with Gasteiger partial charge in [-0.2, -0.15) is 0 Å². The van der Waals surface area contributed by atoms with Crippen LogP contribution in [-0.2, 0) is 25.6 Å². The van der Waals surface area contributed by atoms with E-state index in [0.29, 0.717) is 0 Å². The molecular formula is HO3PPt. The first-order chi connectivity index (χ1) is 1.73. The van der Waals surface area contributed by atoms with Gasteiger partial charge in [-0.15, -0.1) is 0 Å². The molecule has 0 bridgehead atoms. The van der Waals surface area contributed by atoms with Crippen LogP contribution >= 0.6 is 8.25 Å². The number of rotatable bonds is 0. The van der Waals surface area contributed by atoms with Gasteiger partial charge >= 0.3 is 21.1 Å². The van der Waals surface area contributed by atoms with Crippen LogP contribution in [0.1, 0.15) is 0 Å². The van der Waals surface area contributed by atoms with Gasteiger partial charge in [0.2, 0.25) is 0 Å². The summed E-state index contributed by atoms with van der Waals surface area (Å²) in [7, 11) is -3.63. The molecule has 0 aromatic rings. The zero-order valence-electron chi connectivity index (χ0n) is 2.04. The Hall–Kier alpha value is 0.838. The monoisotopic (exact) mass is 275 g/mol. The topological polar surface area (TPSA) is 63.2 Å². The molecule has 0 heterocycles. The zero-order chi connectivity index (χ0) is 3.58. The van der Waals surface area contributed by atoms with Crippen molar-refractivity contribution in [1.82, 2.24) is 0 Å². The van der Waals surface area contributed by atoms with Crippen LogP contribution in [0.15, 0.2) is 0 Å². The molecule has 0 atom stereocenters. The summed E-state index contributed by atoms with van der Waals surface area (Å²) in [6.07, 6.45) is 0. The Morgan fingerprint density at radius 2 is 1.40 bits per heavy atom. The van der Waals surface area contributed by atoms with Crippen LogP contribution in [0.5, 0.6) is 0 Å². The van der Waals surface area contributed by atoms with Crippen LogP contribution in [0.25, 0.3) is 0 Å². The van der Waals surface area contributed by atoms with Crippen LogP contribution < -0.4 is 9.79 Å². The molecule has 5 heteroatoms. The maximum absolute atomic E-state index is 8.52. The van der Waals surface area contributed by atoms with Gasteiger partial charge in [-0.1, -0.05) is 8.25 Å². The van der Waals surface area contributed by atoms with Crippen molar-refractivity contribution in [3.8, 4) is 0 Å². The average molecular weight is 275 g/mol. The van der Waals surface area contributed by atoms with Gasteiger partial charge in [-0.3, -0.25) is 0 Å². The van der Waals surface area contributed by atoms with E-state index in [1.807, 2.05) is 0 Å². The van der Waals surface area contributed by atoms with Gasteiger partial charge in [0.25, 0.3) is 0 Å².